The summed E-state index contributed by atoms with van der Waals surface area (Å²) in [5.74, 6) is 0.794. The maximum Gasteiger partial charge on any atom is 0.293 e. The Balaban J connectivity index is 1.90. The molecule has 0 fully saturated rings. The van der Waals surface area contributed by atoms with Crippen LogP contribution in [0.25, 0.3) is 22.3 Å². The number of nitrogens with zero attached hydrogens (tertiary/aromatic N) is 2. The van der Waals surface area contributed by atoms with Crippen LogP contribution < -0.4 is 10.1 Å². The van der Waals surface area contributed by atoms with Gasteiger partial charge >= 0.3 is 0 Å². The fraction of sp³-hybridized carbons (Fsp3) is 0.350. The van der Waals surface area contributed by atoms with Crippen LogP contribution >= 0.6 is 0 Å². The van der Waals surface area contributed by atoms with E-state index >= 15 is 0 Å². The quantitative estimate of drug-likeness (QED) is 0.564. The molecule has 3 aromatic rings. The molecule has 0 amide bonds. The summed E-state index contributed by atoms with van der Waals surface area (Å²) in [6.45, 7) is 5.17. The monoisotopic (exact) mass is 368 g/mol. The van der Waals surface area contributed by atoms with Crippen LogP contribution in [0, 0.1) is 0 Å². The van der Waals surface area contributed by atoms with Gasteiger partial charge in [-0.25, -0.2) is 4.98 Å². The van der Waals surface area contributed by atoms with Gasteiger partial charge in [0.1, 0.15) is 17.5 Å². The second-order valence-electron chi connectivity index (χ2n) is 6.42. The highest BCUT2D eigenvalue weighted by atomic mass is 16.5. The van der Waals surface area contributed by atoms with Crippen molar-refractivity contribution in [1.29, 1.82) is 0 Å². The first-order valence-corrected chi connectivity index (χ1v) is 8.98. The minimum absolute atomic E-state index is 0.105. The first-order chi connectivity index (χ1) is 13.1. The van der Waals surface area contributed by atoms with Gasteiger partial charge in [0.15, 0.2) is 0 Å². The first kappa shape index (κ1) is 18.8. The van der Waals surface area contributed by atoms with Gasteiger partial charge in [-0.05, 0) is 64.2 Å². The molecule has 0 aliphatic heterocycles. The lowest BCUT2D eigenvalue weighted by Gasteiger charge is -2.14. The van der Waals surface area contributed by atoms with Crippen LogP contribution in [0.15, 0.2) is 36.4 Å². The third-order valence-electron chi connectivity index (χ3n) is 4.36. The number of aromatic amines is 1. The Morgan fingerprint density at radius 3 is 2.89 bits per heavy atom. The number of ether oxygens (including phenoxy) is 2. The minimum atomic E-state index is -0.417. The molecule has 3 rings (SSSR count). The summed E-state index contributed by atoms with van der Waals surface area (Å²) in [6.07, 6.45) is 0.609. The molecule has 2 atom stereocenters. The van der Waals surface area contributed by atoms with Crippen LogP contribution in [0.5, 0.6) is 5.75 Å². The minimum Gasteiger partial charge on any atom is -0.491 e. The van der Waals surface area contributed by atoms with Gasteiger partial charge in [0.05, 0.1) is 23.0 Å². The third kappa shape index (κ3) is 4.43. The van der Waals surface area contributed by atoms with Crippen LogP contribution in [0.2, 0.25) is 0 Å². The van der Waals surface area contributed by atoms with Crippen molar-refractivity contribution in [2.75, 3.05) is 13.6 Å². The number of hydrogen-bond acceptors (Lipinski definition) is 6. The van der Waals surface area contributed by atoms with E-state index in [9.17, 15) is 4.79 Å². The largest absolute Gasteiger partial charge is 0.491 e. The summed E-state index contributed by atoms with van der Waals surface area (Å²) < 4.78 is 11.0. The van der Waals surface area contributed by atoms with E-state index in [2.05, 4.69) is 27.4 Å². The topological polar surface area (TPSA) is 89.1 Å². The zero-order valence-corrected chi connectivity index (χ0v) is 15.7. The van der Waals surface area contributed by atoms with Gasteiger partial charge in [0.2, 0.25) is 0 Å². The predicted octanol–water partition coefficient (Wildman–Crippen LogP) is 3.24. The van der Waals surface area contributed by atoms with E-state index in [1.807, 2.05) is 43.4 Å². The van der Waals surface area contributed by atoms with Crippen molar-refractivity contribution < 1.29 is 14.3 Å². The van der Waals surface area contributed by atoms with Crippen molar-refractivity contribution in [1.82, 2.24) is 20.5 Å². The molecule has 0 aliphatic rings. The summed E-state index contributed by atoms with van der Waals surface area (Å²) in [5.41, 5.74) is 3.02. The zero-order valence-electron chi connectivity index (χ0n) is 15.7. The van der Waals surface area contributed by atoms with E-state index < -0.39 is 6.10 Å². The number of fused-ring (bicyclic) bond motifs is 1. The Labute approximate surface area is 158 Å². The first-order valence-electron chi connectivity index (χ1n) is 8.98. The molecular formula is C20H24N4O3. The molecule has 0 saturated carbocycles. The number of rotatable bonds is 9. The smallest absolute Gasteiger partial charge is 0.293 e. The van der Waals surface area contributed by atoms with Gasteiger partial charge in [-0.1, -0.05) is 6.07 Å². The van der Waals surface area contributed by atoms with Crippen LogP contribution in [-0.2, 0) is 9.53 Å². The Morgan fingerprint density at radius 2 is 2.11 bits per heavy atom. The number of pyridine rings is 1. The molecule has 2 heterocycles. The molecule has 7 nitrogen and oxygen atoms in total. The number of carbonyl (C=O) groups excluding carboxylic acids is 1. The number of aromatic nitrogens is 3. The predicted molar refractivity (Wildman–Crippen MR) is 104 cm³/mol. The van der Waals surface area contributed by atoms with E-state index in [4.69, 9.17) is 9.47 Å². The summed E-state index contributed by atoms with van der Waals surface area (Å²) in [4.78, 5) is 15.2. The number of hydrogen-bond donors (Lipinski definition) is 2. The molecule has 0 bridgehead atoms. The van der Waals surface area contributed by atoms with E-state index in [-0.39, 0.29) is 6.10 Å². The SMILES string of the molecule is CNCCC(C)Oc1ccc2[nH]nc(-c3cccc([C@@H](C)OC=O)n3)c2c1. The van der Waals surface area contributed by atoms with Gasteiger partial charge in [-0.2, -0.15) is 5.10 Å². The van der Waals surface area contributed by atoms with Crippen LogP contribution in [0.4, 0.5) is 0 Å². The molecule has 2 aromatic heterocycles. The number of H-pyrrole nitrogens is 1. The highest BCUT2D eigenvalue weighted by Crippen LogP contribution is 2.29. The molecule has 142 valence electrons. The average molecular weight is 368 g/mol. The molecule has 27 heavy (non-hydrogen) atoms. The van der Waals surface area contributed by atoms with E-state index in [1.165, 1.54) is 0 Å². The zero-order chi connectivity index (χ0) is 19.2. The van der Waals surface area contributed by atoms with Crippen LogP contribution in [0.1, 0.15) is 32.1 Å². The molecule has 1 aromatic carbocycles. The van der Waals surface area contributed by atoms with Crippen molar-refractivity contribution in [2.24, 2.45) is 0 Å². The second kappa shape index (κ2) is 8.64. The lowest BCUT2D eigenvalue weighted by atomic mass is 10.1. The Hall–Kier alpha value is -2.93. The summed E-state index contributed by atoms with van der Waals surface area (Å²) >= 11 is 0. The Kier molecular flexibility index (Phi) is 6.03. The van der Waals surface area contributed by atoms with E-state index in [1.54, 1.807) is 6.92 Å². The lowest BCUT2D eigenvalue weighted by molar-refractivity contribution is -0.133. The molecule has 0 aliphatic carbocycles. The number of carbonyl (C=O) groups is 1. The highest BCUT2D eigenvalue weighted by Gasteiger charge is 2.14. The van der Waals surface area contributed by atoms with Gasteiger partial charge < -0.3 is 14.8 Å². The van der Waals surface area contributed by atoms with Gasteiger partial charge in [-0.3, -0.25) is 9.89 Å². The second-order valence-corrected chi connectivity index (χ2v) is 6.42. The molecule has 0 saturated heterocycles. The molecule has 1 unspecified atom stereocenters. The molecule has 2 N–H and O–H groups in total. The van der Waals surface area contributed by atoms with Crippen LogP contribution in [0.3, 0.4) is 0 Å². The van der Waals surface area contributed by atoms with E-state index in [0.29, 0.717) is 17.9 Å². The van der Waals surface area contributed by atoms with Crippen molar-refractivity contribution in [3.05, 3.63) is 42.1 Å². The molecule has 7 heteroatoms. The Morgan fingerprint density at radius 1 is 1.26 bits per heavy atom. The normalized spacial score (nSPS) is 13.3. The molecular weight excluding hydrogens is 344 g/mol. The van der Waals surface area contributed by atoms with Crippen molar-refractivity contribution in [3.8, 4) is 17.1 Å². The molecule has 0 radical (unpaired) electrons. The summed E-state index contributed by atoms with van der Waals surface area (Å²) in [5, 5.41) is 11.5. The lowest BCUT2D eigenvalue weighted by Crippen LogP contribution is -2.19. The number of nitrogens with one attached hydrogen (secondary N) is 2. The fourth-order valence-electron chi connectivity index (χ4n) is 2.86. The van der Waals surface area contributed by atoms with Crippen LogP contribution in [-0.4, -0.2) is 41.3 Å². The standard InChI is InChI=1S/C20H24N4O3/c1-13(9-10-21-3)27-15-7-8-18-16(11-15)20(24-23-18)19-6-4-5-17(22-19)14(2)26-12-25/h4-8,11-14,21H,9-10H2,1-3H3,(H,23,24)/t13?,14-/m1/s1. The highest BCUT2D eigenvalue weighted by molar-refractivity contribution is 5.92. The average Bonchev–Trinajstić information content (AvgIpc) is 3.10. The van der Waals surface area contributed by atoms with Crippen molar-refractivity contribution >= 4 is 17.4 Å². The van der Waals surface area contributed by atoms with Crippen molar-refractivity contribution in [2.45, 2.75) is 32.5 Å². The third-order valence-corrected chi connectivity index (χ3v) is 4.36. The summed E-state index contributed by atoms with van der Waals surface area (Å²) in [7, 11) is 1.93. The van der Waals surface area contributed by atoms with Gasteiger partial charge in [0.25, 0.3) is 6.47 Å². The van der Waals surface area contributed by atoms with E-state index in [0.717, 1.165) is 35.3 Å². The van der Waals surface area contributed by atoms with Gasteiger partial charge in [0, 0.05) is 5.39 Å². The van der Waals surface area contributed by atoms with Gasteiger partial charge in [-0.15, -0.1) is 0 Å². The summed E-state index contributed by atoms with van der Waals surface area (Å²) in [6, 6.07) is 11.4. The maximum absolute atomic E-state index is 10.6. The molecule has 0 spiro atoms. The Bertz CT molecular complexity index is 909. The fourth-order valence-corrected chi connectivity index (χ4v) is 2.86. The van der Waals surface area contributed by atoms with Crippen molar-refractivity contribution in [3.63, 3.8) is 0 Å². The maximum atomic E-state index is 10.6. The number of benzene rings is 1.